The highest BCUT2D eigenvalue weighted by atomic mass is 19.1. The van der Waals surface area contributed by atoms with Gasteiger partial charge in [0.1, 0.15) is 5.82 Å². The van der Waals surface area contributed by atoms with Crippen LogP contribution in [0.2, 0.25) is 0 Å². The van der Waals surface area contributed by atoms with Crippen molar-refractivity contribution in [3.8, 4) is 0 Å². The van der Waals surface area contributed by atoms with Crippen LogP contribution in [-0.4, -0.2) is 4.98 Å². The first-order valence-corrected chi connectivity index (χ1v) is 4.84. The number of rotatable bonds is 5. The summed E-state index contributed by atoms with van der Waals surface area (Å²) < 4.78 is 12.9. The van der Waals surface area contributed by atoms with Gasteiger partial charge in [0.2, 0.25) is 0 Å². The molecule has 1 unspecified atom stereocenters. The van der Waals surface area contributed by atoms with E-state index in [4.69, 9.17) is 5.84 Å². The van der Waals surface area contributed by atoms with Gasteiger partial charge in [-0.05, 0) is 18.1 Å². The first-order valence-electron chi connectivity index (χ1n) is 4.84. The molecule has 0 aliphatic carbocycles. The lowest BCUT2D eigenvalue weighted by Crippen LogP contribution is -2.28. The predicted molar refractivity (Wildman–Crippen MR) is 53.8 cm³/mol. The molecule has 0 spiro atoms. The molecular weight excluding hydrogens is 181 g/mol. The zero-order valence-corrected chi connectivity index (χ0v) is 8.33. The third kappa shape index (κ3) is 3.05. The molecule has 14 heavy (non-hydrogen) atoms. The van der Waals surface area contributed by atoms with Crippen LogP contribution in [0.5, 0.6) is 0 Å². The van der Waals surface area contributed by atoms with Gasteiger partial charge in [-0.3, -0.25) is 16.3 Å². The molecule has 1 rings (SSSR count). The van der Waals surface area contributed by atoms with E-state index in [-0.39, 0.29) is 11.9 Å². The number of pyridine rings is 1. The number of nitrogens with two attached hydrogens (primary N) is 1. The molecule has 0 amide bonds. The molecule has 0 radical (unpaired) electrons. The molecule has 1 atom stereocenters. The summed E-state index contributed by atoms with van der Waals surface area (Å²) in [6.45, 7) is 2.11. The normalized spacial score (nSPS) is 12.8. The second kappa shape index (κ2) is 5.67. The van der Waals surface area contributed by atoms with E-state index in [1.807, 2.05) is 0 Å². The van der Waals surface area contributed by atoms with Gasteiger partial charge in [0.25, 0.3) is 0 Å². The van der Waals surface area contributed by atoms with Gasteiger partial charge in [-0.25, -0.2) is 4.39 Å². The van der Waals surface area contributed by atoms with Gasteiger partial charge in [0.15, 0.2) is 0 Å². The Morgan fingerprint density at radius 2 is 2.36 bits per heavy atom. The summed E-state index contributed by atoms with van der Waals surface area (Å²) in [7, 11) is 0. The van der Waals surface area contributed by atoms with Crippen molar-refractivity contribution >= 4 is 0 Å². The first kappa shape index (κ1) is 11.1. The Hall–Kier alpha value is -1.00. The Balaban J connectivity index is 2.68. The van der Waals surface area contributed by atoms with Crippen molar-refractivity contribution in [2.45, 2.75) is 32.2 Å². The molecule has 1 heterocycles. The number of halogens is 1. The summed E-state index contributed by atoms with van der Waals surface area (Å²) in [5.74, 6) is 5.08. The Labute approximate surface area is 83.5 Å². The minimum Gasteiger partial charge on any atom is -0.271 e. The molecule has 0 bridgehead atoms. The fourth-order valence-electron chi connectivity index (χ4n) is 1.37. The fourth-order valence-corrected chi connectivity index (χ4v) is 1.37. The van der Waals surface area contributed by atoms with Gasteiger partial charge in [-0.15, -0.1) is 0 Å². The number of nitrogens with one attached hydrogen (secondary N) is 1. The second-order valence-corrected chi connectivity index (χ2v) is 3.30. The second-order valence-electron chi connectivity index (χ2n) is 3.30. The third-order valence-corrected chi connectivity index (χ3v) is 2.18. The molecule has 78 valence electrons. The van der Waals surface area contributed by atoms with E-state index in [9.17, 15) is 4.39 Å². The molecule has 0 saturated heterocycles. The van der Waals surface area contributed by atoms with Crippen molar-refractivity contribution in [3.05, 3.63) is 29.8 Å². The predicted octanol–water partition coefficient (Wildman–Crippen LogP) is 1.92. The van der Waals surface area contributed by atoms with Gasteiger partial charge in [-0.1, -0.05) is 19.8 Å². The van der Waals surface area contributed by atoms with Crippen LogP contribution < -0.4 is 11.3 Å². The van der Waals surface area contributed by atoms with E-state index >= 15 is 0 Å². The van der Waals surface area contributed by atoms with Crippen molar-refractivity contribution in [2.75, 3.05) is 0 Å². The highest BCUT2D eigenvalue weighted by molar-refractivity contribution is 5.14. The molecule has 3 N–H and O–H groups in total. The maximum Gasteiger partial charge on any atom is 0.141 e. The maximum atomic E-state index is 12.9. The fraction of sp³-hybridized carbons (Fsp3) is 0.500. The van der Waals surface area contributed by atoms with E-state index in [2.05, 4.69) is 17.3 Å². The van der Waals surface area contributed by atoms with Crippen LogP contribution in [-0.2, 0) is 0 Å². The standard InChI is InChI=1S/C10H16FN3/c1-2-3-4-10(14-12)8-5-9(11)7-13-6-8/h5-7,10,14H,2-4,12H2,1H3. The summed E-state index contributed by atoms with van der Waals surface area (Å²) in [6, 6.07) is 1.46. The van der Waals surface area contributed by atoms with Gasteiger partial charge in [-0.2, -0.15) is 0 Å². The molecular formula is C10H16FN3. The van der Waals surface area contributed by atoms with E-state index in [0.717, 1.165) is 24.8 Å². The van der Waals surface area contributed by atoms with Crippen molar-refractivity contribution in [1.82, 2.24) is 10.4 Å². The largest absolute Gasteiger partial charge is 0.271 e. The Morgan fingerprint density at radius 3 is 2.93 bits per heavy atom. The molecule has 0 aliphatic rings. The van der Waals surface area contributed by atoms with E-state index in [1.165, 1.54) is 12.3 Å². The Kier molecular flexibility index (Phi) is 4.49. The lowest BCUT2D eigenvalue weighted by atomic mass is 10.0. The number of unbranched alkanes of at least 4 members (excludes halogenated alkanes) is 1. The molecule has 1 aromatic heterocycles. The van der Waals surface area contributed by atoms with Crippen molar-refractivity contribution in [1.29, 1.82) is 0 Å². The highest BCUT2D eigenvalue weighted by Gasteiger charge is 2.09. The molecule has 0 saturated carbocycles. The van der Waals surface area contributed by atoms with Crippen LogP contribution in [0.1, 0.15) is 37.8 Å². The van der Waals surface area contributed by atoms with Crippen molar-refractivity contribution in [3.63, 3.8) is 0 Å². The van der Waals surface area contributed by atoms with Gasteiger partial charge < -0.3 is 0 Å². The summed E-state index contributed by atoms with van der Waals surface area (Å²) in [6.07, 6.45) is 5.89. The number of nitrogens with zero attached hydrogens (tertiary/aromatic N) is 1. The van der Waals surface area contributed by atoms with E-state index in [1.54, 1.807) is 6.20 Å². The van der Waals surface area contributed by atoms with Crippen LogP contribution in [0, 0.1) is 5.82 Å². The average molecular weight is 197 g/mol. The quantitative estimate of drug-likeness (QED) is 0.560. The minimum atomic E-state index is -0.320. The monoisotopic (exact) mass is 197 g/mol. The topological polar surface area (TPSA) is 50.9 Å². The van der Waals surface area contributed by atoms with E-state index < -0.39 is 0 Å². The summed E-state index contributed by atoms with van der Waals surface area (Å²) >= 11 is 0. The molecule has 0 aromatic carbocycles. The van der Waals surface area contributed by atoms with Gasteiger partial charge in [0, 0.05) is 12.2 Å². The van der Waals surface area contributed by atoms with E-state index in [0.29, 0.717) is 0 Å². The zero-order chi connectivity index (χ0) is 10.4. The minimum absolute atomic E-state index is 0.00171. The zero-order valence-electron chi connectivity index (χ0n) is 8.33. The van der Waals surface area contributed by atoms with Crippen molar-refractivity contribution < 1.29 is 4.39 Å². The molecule has 0 fully saturated rings. The first-order chi connectivity index (χ1) is 6.77. The summed E-state index contributed by atoms with van der Waals surface area (Å²) in [5.41, 5.74) is 3.48. The van der Waals surface area contributed by atoms with Gasteiger partial charge in [0.05, 0.1) is 6.20 Å². The lowest BCUT2D eigenvalue weighted by Gasteiger charge is -2.15. The summed E-state index contributed by atoms with van der Waals surface area (Å²) in [5, 5.41) is 0. The number of hydrogen-bond acceptors (Lipinski definition) is 3. The Bertz CT molecular complexity index is 278. The lowest BCUT2D eigenvalue weighted by molar-refractivity contribution is 0.490. The van der Waals surface area contributed by atoms with Crippen LogP contribution in [0.3, 0.4) is 0 Å². The maximum absolute atomic E-state index is 12.9. The molecule has 1 aromatic rings. The smallest absolute Gasteiger partial charge is 0.141 e. The number of aromatic nitrogens is 1. The molecule has 3 nitrogen and oxygen atoms in total. The summed E-state index contributed by atoms with van der Waals surface area (Å²) in [4.78, 5) is 3.79. The number of hydrogen-bond donors (Lipinski definition) is 2. The molecule has 4 heteroatoms. The SMILES string of the molecule is CCCCC(NN)c1cncc(F)c1. The molecule has 0 aliphatic heterocycles. The van der Waals surface area contributed by atoms with Crippen LogP contribution in [0.4, 0.5) is 4.39 Å². The van der Waals surface area contributed by atoms with Crippen LogP contribution in [0.25, 0.3) is 0 Å². The third-order valence-electron chi connectivity index (χ3n) is 2.18. The van der Waals surface area contributed by atoms with Crippen LogP contribution in [0.15, 0.2) is 18.5 Å². The highest BCUT2D eigenvalue weighted by Crippen LogP contribution is 2.17. The van der Waals surface area contributed by atoms with Crippen molar-refractivity contribution in [2.24, 2.45) is 5.84 Å². The van der Waals surface area contributed by atoms with Gasteiger partial charge >= 0.3 is 0 Å². The Morgan fingerprint density at radius 1 is 1.57 bits per heavy atom. The number of hydrazine groups is 1. The van der Waals surface area contributed by atoms with Crippen LogP contribution >= 0.6 is 0 Å². The average Bonchev–Trinajstić information content (AvgIpc) is 2.19.